The number of rotatable bonds is 10. The molecule has 0 unspecified atom stereocenters. The maximum atomic E-state index is 11.9. The standard InChI is InChI=1S/C28H32N2O5/c1-28(2,15-19-9-11-21(33-3)12-10-19)29-16-25(31)23-13-22(34-17-20-7-5-4-6-8-20)14-24-27(23)35-18-26(32)30-24/h4-14,25,29,31H,15-18H2,1-3H3,(H,30,32)/t25-/m1/s1. The Bertz CT molecular complexity index is 1150. The van der Waals surface area contributed by atoms with E-state index in [4.69, 9.17) is 14.2 Å². The molecule has 0 saturated heterocycles. The average molecular weight is 477 g/mol. The molecule has 184 valence electrons. The van der Waals surface area contributed by atoms with Crippen LogP contribution in [0.4, 0.5) is 5.69 Å². The predicted octanol–water partition coefficient (Wildman–Crippen LogP) is 4.25. The lowest BCUT2D eigenvalue weighted by atomic mass is 9.94. The van der Waals surface area contributed by atoms with Gasteiger partial charge in [0.25, 0.3) is 5.91 Å². The van der Waals surface area contributed by atoms with Crippen LogP contribution in [0.1, 0.15) is 36.6 Å². The number of anilines is 1. The molecule has 1 amide bonds. The number of amides is 1. The fourth-order valence-electron chi connectivity index (χ4n) is 4.07. The van der Waals surface area contributed by atoms with Gasteiger partial charge in [-0.1, -0.05) is 42.5 Å². The Morgan fingerprint density at radius 2 is 1.80 bits per heavy atom. The molecule has 1 heterocycles. The molecule has 1 aliphatic heterocycles. The zero-order valence-electron chi connectivity index (χ0n) is 20.3. The molecule has 7 nitrogen and oxygen atoms in total. The first kappa shape index (κ1) is 24.6. The van der Waals surface area contributed by atoms with Crippen LogP contribution in [-0.4, -0.2) is 36.8 Å². The van der Waals surface area contributed by atoms with E-state index in [-0.39, 0.29) is 18.1 Å². The Morgan fingerprint density at radius 1 is 1.06 bits per heavy atom. The number of nitrogens with one attached hydrogen (secondary N) is 2. The van der Waals surface area contributed by atoms with Gasteiger partial charge in [0.1, 0.15) is 23.9 Å². The minimum atomic E-state index is -0.867. The molecular weight excluding hydrogens is 444 g/mol. The van der Waals surface area contributed by atoms with Gasteiger partial charge in [-0.15, -0.1) is 0 Å². The summed E-state index contributed by atoms with van der Waals surface area (Å²) < 4.78 is 16.9. The van der Waals surface area contributed by atoms with Crippen molar-refractivity contribution < 1.29 is 24.1 Å². The number of aliphatic hydroxyl groups excluding tert-OH is 1. The molecule has 0 aromatic heterocycles. The second kappa shape index (κ2) is 10.8. The smallest absolute Gasteiger partial charge is 0.262 e. The summed E-state index contributed by atoms with van der Waals surface area (Å²) in [5.41, 5.74) is 2.98. The van der Waals surface area contributed by atoms with Gasteiger partial charge in [-0.3, -0.25) is 4.79 Å². The SMILES string of the molecule is COc1ccc(CC(C)(C)NC[C@@H](O)c2cc(OCc3ccccc3)cc3c2OCC(=O)N3)cc1. The quantitative estimate of drug-likeness (QED) is 0.405. The van der Waals surface area contributed by atoms with E-state index >= 15 is 0 Å². The highest BCUT2D eigenvalue weighted by Crippen LogP contribution is 2.39. The summed E-state index contributed by atoms with van der Waals surface area (Å²) in [6, 6.07) is 21.3. The van der Waals surface area contributed by atoms with Crippen molar-refractivity contribution in [1.82, 2.24) is 5.32 Å². The highest BCUT2D eigenvalue weighted by molar-refractivity contribution is 5.96. The molecule has 1 aliphatic rings. The molecule has 4 rings (SSSR count). The summed E-state index contributed by atoms with van der Waals surface area (Å²) >= 11 is 0. The van der Waals surface area contributed by atoms with Gasteiger partial charge in [0.15, 0.2) is 6.61 Å². The molecule has 1 atom stereocenters. The topological polar surface area (TPSA) is 89.1 Å². The molecule has 3 aromatic carbocycles. The van der Waals surface area contributed by atoms with Crippen LogP contribution in [0.15, 0.2) is 66.7 Å². The molecule has 0 saturated carbocycles. The third kappa shape index (κ3) is 6.53. The van der Waals surface area contributed by atoms with Crippen LogP contribution in [0.2, 0.25) is 0 Å². The molecule has 7 heteroatoms. The Hall–Kier alpha value is -3.55. The van der Waals surface area contributed by atoms with Crippen molar-refractivity contribution in [3.05, 3.63) is 83.4 Å². The van der Waals surface area contributed by atoms with Crippen LogP contribution in [0.25, 0.3) is 0 Å². The monoisotopic (exact) mass is 476 g/mol. The number of methoxy groups -OCH3 is 1. The Labute approximate surface area is 206 Å². The number of benzene rings is 3. The Kier molecular flexibility index (Phi) is 7.58. The number of carbonyl (C=O) groups excluding carboxylic acids is 1. The van der Waals surface area contributed by atoms with Gasteiger partial charge in [0, 0.05) is 23.7 Å². The molecule has 0 radical (unpaired) electrons. The number of fused-ring (bicyclic) bond motifs is 1. The van der Waals surface area contributed by atoms with Gasteiger partial charge < -0.3 is 30.0 Å². The number of hydrogen-bond donors (Lipinski definition) is 3. The molecule has 0 fully saturated rings. The van der Waals surface area contributed by atoms with Crippen molar-refractivity contribution in [2.45, 2.75) is 38.5 Å². The maximum Gasteiger partial charge on any atom is 0.262 e. The lowest BCUT2D eigenvalue weighted by Crippen LogP contribution is -2.43. The largest absolute Gasteiger partial charge is 0.497 e. The highest BCUT2D eigenvalue weighted by Gasteiger charge is 2.26. The van der Waals surface area contributed by atoms with Crippen molar-refractivity contribution in [1.29, 1.82) is 0 Å². The summed E-state index contributed by atoms with van der Waals surface area (Å²) in [7, 11) is 1.65. The van der Waals surface area contributed by atoms with Crippen molar-refractivity contribution in [3.8, 4) is 17.2 Å². The van der Waals surface area contributed by atoms with Crippen LogP contribution < -0.4 is 24.8 Å². The fraction of sp³-hybridized carbons (Fsp3) is 0.321. The van der Waals surface area contributed by atoms with Gasteiger partial charge in [0.2, 0.25) is 0 Å². The number of carbonyl (C=O) groups is 1. The average Bonchev–Trinajstić information content (AvgIpc) is 2.86. The second-order valence-electron chi connectivity index (χ2n) is 9.31. The number of aliphatic hydroxyl groups is 1. The van der Waals surface area contributed by atoms with E-state index in [1.54, 1.807) is 19.2 Å². The van der Waals surface area contributed by atoms with E-state index in [0.29, 0.717) is 35.9 Å². The van der Waals surface area contributed by atoms with Crippen molar-refractivity contribution in [3.63, 3.8) is 0 Å². The summed E-state index contributed by atoms with van der Waals surface area (Å²) in [5.74, 6) is 1.60. The summed E-state index contributed by atoms with van der Waals surface area (Å²) in [6.07, 6.45) is -0.0941. The molecule has 3 N–H and O–H groups in total. The van der Waals surface area contributed by atoms with E-state index < -0.39 is 6.10 Å². The first-order valence-electron chi connectivity index (χ1n) is 11.7. The Morgan fingerprint density at radius 3 is 2.51 bits per heavy atom. The molecule has 3 aromatic rings. The summed E-state index contributed by atoms with van der Waals surface area (Å²) in [6.45, 7) is 4.77. The van der Waals surface area contributed by atoms with Crippen molar-refractivity contribution >= 4 is 11.6 Å². The van der Waals surface area contributed by atoms with Crippen molar-refractivity contribution in [2.24, 2.45) is 0 Å². The van der Waals surface area contributed by atoms with Crippen LogP contribution in [-0.2, 0) is 17.8 Å². The molecule has 0 aliphatic carbocycles. The minimum absolute atomic E-state index is 0.0899. The fourth-order valence-corrected chi connectivity index (χ4v) is 4.07. The third-order valence-electron chi connectivity index (χ3n) is 5.90. The van der Waals surface area contributed by atoms with E-state index in [1.807, 2.05) is 54.6 Å². The first-order valence-corrected chi connectivity index (χ1v) is 11.7. The van der Waals surface area contributed by atoms with E-state index in [1.165, 1.54) is 0 Å². The maximum absolute atomic E-state index is 11.9. The van der Waals surface area contributed by atoms with Gasteiger partial charge in [-0.05, 0) is 49.6 Å². The first-order chi connectivity index (χ1) is 16.8. The van der Waals surface area contributed by atoms with Gasteiger partial charge in [-0.25, -0.2) is 0 Å². The van der Waals surface area contributed by atoms with Crippen LogP contribution in [0, 0.1) is 0 Å². The number of β-amino-alcohol motifs (C(OH)–C–C–N with tert-alkyl or cyclic N) is 1. The normalized spacial score (nSPS) is 13.9. The van der Waals surface area contributed by atoms with E-state index in [9.17, 15) is 9.90 Å². The summed E-state index contributed by atoms with van der Waals surface area (Å²) in [4.78, 5) is 11.9. The van der Waals surface area contributed by atoms with Gasteiger partial charge >= 0.3 is 0 Å². The number of hydrogen-bond acceptors (Lipinski definition) is 6. The van der Waals surface area contributed by atoms with Crippen molar-refractivity contribution in [2.75, 3.05) is 25.6 Å². The van der Waals surface area contributed by atoms with Gasteiger partial charge in [0.05, 0.1) is 18.9 Å². The molecule has 0 bridgehead atoms. The molecule has 0 spiro atoms. The van der Waals surface area contributed by atoms with E-state index in [2.05, 4.69) is 24.5 Å². The second-order valence-corrected chi connectivity index (χ2v) is 9.31. The minimum Gasteiger partial charge on any atom is -0.497 e. The van der Waals surface area contributed by atoms with Crippen LogP contribution in [0.5, 0.6) is 17.2 Å². The highest BCUT2D eigenvalue weighted by atomic mass is 16.5. The molecule has 35 heavy (non-hydrogen) atoms. The number of ether oxygens (including phenoxy) is 3. The van der Waals surface area contributed by atoms with Crippen LogP contribution in [0.3, 0.4) is 0 Å². The zero-order chi connectivity index (χ0) is 24.8. The van der Waals surface area contributed by atoms with Crippen LogP contribution >= 0.6 is 0 Å². The summed E-state index contributed by atoms with van der Waals surface area (Å²) in [5, 5.41) is 17.4. The van der Waals surface area contributed by atoms with E-state index in [0.717, 1.165) is 23.3 Å². The Balaban J connectivity index is 1.47. The lowest BCUT2D eigenvalue weighted by Gasteiger charge is -2.29. The third-order valence-corrected chi connectivity index (χ3v) is 5.90. The van der Waals surface area contributed by atoms with Gasteiger partial charge in [-0.2, -0.15) is 0 Å². The zero-order valence-corrected chi connectivity index (χ0v) is 20.3. The predicted molar refractivity (Wildman–Crippen MR) is 135 cm³/mol. The lowest BCUT2D eigenvalue weighted by molar-refractivity contribution is -0.118. The molecular formula is C28H32N2O5.